The average molecular weight is 520 g/mol. The van der Waals surface area contributed by atoms with Gasteiger partial charge in [0.15, 0.2) is 0 Å². The molecule has 1 aliphatic heterocycles. The maximum Gasteiger partial charge on any atom is 0.490 e. The van der Waals surface area contributed by atoms with E-state index in [0.717, 1.165) is 50.6 Å². The number of carboxylic acid groups (broad SMARTS) is 2. The van der Waals surface area contributed by atoms with E-state index in [1.54, 1.807) is 0 Å². The second-order valence-electron chi connectivity index (χ2n) is 8.04. The molecular formula is C21H27F7N2O5. The van der Waals surface area contributed by atoms with Crippen molar-refractivity contribution in [3.05, 3.63) is 30.1 Å². The molecule has 0 bridgehead atoms. The highest BCUT2D eigenvalue weighted by atomic mass is 19.4. The molecule has 0 unspecified atom stereocenters. The van der Waals surface area contributed by atoms with Crippen LogP contribution in [-0.4, -0.2) is 83.3 Å². The first-order valence-corrected chi connectivity index (χ1v) is 10.6. The molecule has 0 spiro atoms. The predicted molar refractivity (Wildman–Crippen MR) is 110 cm³/mol. The van der Waals surface area contributed by atoms with Gasteiger partial charge in [-0.25, -0.2) is 14.0 Å². The SMILES string of the molecule is O=C(O)C(F)(F)F.O=C(O)C(F)(F)F.OC1CCC(CN2CCN(c3ccc(F)cc3)CC2)CC1. The number of carboxylic acids is 2. The van der Waals surface area contributed by atoms with E-state index in [1.165, 1.54) is 31.5 Å². The molecule has 1 heterocycles. The normalized spacial score (nSPS) is 21.2. The number of aliphatic carboxylic acids is 2. The average Bonchev–Trinajstić information content (AvgIpc) is 2.76. The number of anilines is 1. The minimum absolute atomic E-state index is 0.0587. The van der Waals surface area contributed by atoms with E-state index in [2.05, 4.69) is 9.80 Å². The number of alkyl halides is 6. The zero-order chi connectivity index (χ0) is 26.8. The van der Waals surface area contributed by atoms with Gasteiger partial charge in [-0.3, -0.25) is 4.90 Å². The van der Waals surface area contributed by atoms with E-state index in [9.17, 15) is 35.8 Å². The molecule has 1 aromatic carbocycles. The summed E-state index contributed by atoms with van der Waals surface area (Å²) in [5, 5.41) is 23.8. The van der Waals surface area contributed by atoms with Gasteiger partial charge in [0.05, 0.1) is 6.10 Å². The van der Waals surface area contributed by atoms with Crippen molar-refractivity contribution in [3.8, 4) is 0 Å². The lowest BCUT2D eigenvalue weighted by molar-refractivity contribution is -0.193. The van der Waals surface area contributed by atoms with Crippen molar-refractivity contribution in [1.82, 2.24) is 4.90 Å². The number of piperazine rings is 1. The van der Waals surface area contributed by atoms with E-state index >= 15 is 0 Å². The summed E-state index contributed by atoms with van der Waals surface area (Å²) >= 11 is 0. The summed E-state index contributed by atoms with van der Waals surface area (Å²) in [7, 11) is 0. The number of carbonyl (C=O) groups is 2. The van der Waals surface area contributed by atoms with Gasteiger partial charge in [-0.1, -0.05) is 0 Å². The quantitative estimate of drug-likeness (QED) is 0.522. The maximum atomic E-state index is 13.0. The Morgan fingerprint density at radius 3 is 1.57 bits per heavy atom. The van der Waals surface area contributed by atoms with Crippen molar-refractivity contribution in [2.24, 2.45) is 5.92 Å². The summed E-state index contributed by atoms with van der Waals surface area (Å²) in [4.78, 5) is 22.7. The van der Waals surface area contributed by atoms with Crippen molar-refractivity contribution in [2.45, 2.75) is 44.1 Å². The van der Waals surface area contributed by atoms with E-state index in [0.29, 0.717) is 0 Å². The summed E-state index contributed by atoms with van der Waals surface area (Å²) in [6, 6.07) is 6.81. The smallest absolute Gasteiger partial charge is 0.475 e. The number of aliphatic hydroxyl groups excluding tert-OH is 1. The van der Waals surface area contributed by atoms with Crippen molar-refractivity contribution in [2.75, 3.05) is 37.6 Å². The van der Waals surface area contributed by atoms with Crippen LogP contribution in [0.4, 0.5) is 36.4 Å². The van der Waals surface area contributed by atoms with Crippen molar-refractivity contribution in [1.29, 1.82) is 0 Å². The molecule has 3 N–H and O–H groups in total. The molecule has 0 aromatic heterocycles. The second-order valence-corrected chi connectivity index (χ2v) is 8.04. The van der Waals surface area contributed by atoms with Crippen LogP contribution in [0.1, 0.15) is 25.7 Å². The van der Waals surface area contributed by atoms with Crippen LogP contribution < -0.4 is 4.90 Å². The van der Waals surface area contributed by atoms with Crippen LogP contribution in [0.3, 0.4) is 0 Å². The summed E-state index contributed by atoms with van der Waals surface area (Å²) in [5.74, 6) is -4.93. The highest BCUT2D eigenvalue weighted by molar-refractivity contribution is 5.73. The molecule has 200 valence electrons. The standard InChI is InChI=1S/C17H25FN2O.2C2HF3O2/c18-15-3-5-16(6-4-15)20-11-9-19(10-12-20)13-14-1-7-17(21)8-2-14;2*3-2(4,5)1(6)7/h3-6,14,17,21H,1-2,7-13H2;2*(H,6,7). The van der Waals surface area contributed by atoms with Gasteiger partial charge in [0, 0.05) is 38.4 Å². The van der Waals surface area contributed by atoms with Crippen molar-refractivity contribution in [3.63, 3.8) is 0 Å². The largest absolute Gasteiger partial charge is 0.490 e. The van der Waals surface area contributed by atoms with Gasteiger partial charge in [-0.2, -0.15) is 26.3 Å². The van der Waals surface area contributed by atoms with E-state index in [1.807, 2.05) is 12.1 Å². The topological polar surface area (TPSA) is 101 Å². The van der Waals surface area contributed by atoms with Crippen LogP contribution in [-0.2, 0) is 9.59 Å². The number of hydrogen-bond acceptors (Lipinski definition) is 5. The molecule has 35 heavy (non-hydrogen) atoms. The first kappa shape index (κ1) is 30.4. The summed E-state index contributed by atoms with van der Waals surface area (Å²) in [6.45, 7) is 5.36. The number of hydrogen-bond donors (Lipinski definition) is 3. The van der Waals surface area contributed by atoms with Crippen LogP contribution in [0, 0.1) is 11.7 Å². The van der Waals surface area contributed by atoms with Crippen LogP contribution in [0.5, 0.6) is 0 Å². The third-order valence-corrected chi connectivity index (χ3v) is 5.38. The van der Waals surface area contributed by atoms with Crippen LogP contribution in [0.15, 0.2) is 24.3 Å². The van der Waals surface area contributed by atoms with Crippen LogP contribution in [0.2, 0.25) is 0 Å². The zero-order valence-electron chi connectivity index (χ0n) is 18.5. The molecule has 2 fully saturated rings. The zero-order valence-corrected chi connectivity index (χ0v) is 18.5. The molecule has 1 aliphatic carbocycles. The molecule has 0 radical (unpaired) electrons. The first-order chi connectivity index (χ1) is 16.1. The molecule has 1 saturated heterocycles. The number of rotatable bonds is 3. The molecule has 14 heteroatoms. The second kappa shape index (κ2) is 13.5. The van der Waals surface area contributed by atoms with Crippen LogP contribution >= 0.6 is 0 Å². The van der Waals surface area contributed by atoms with Gasteiger partial charge in [0.25, 0.3) is 0 Å². The highest BCUT2D eigenvalue weighted by Crippen LogP contribution is 2.26. The Morgan fingerprint density at radius 1 is 0.800 bits per heavy atom. The molecule has 7 nitrogen and oxygen atoms in total. The van der Waals surface area contributed by atoms with Gasteiger partial charge in [-0.05, 0) is 55.9 Å². The van der Waals surface area contributed by atoms with Gasteiger partial charge in [0.1, 0.15) is 5.82 Å². The monoisotopic (exact) mass is 520 g/mol. The molecule has 0 amide bonds. The van der Waals surface area contributed by atoms with E-state index < -0.39 is 24.3 Å². The highest BCUT2D eigenvalue weighted by Gasteiger charge is 2.38. The molecule has 0 atom stereocenters. The van der Waals surface area contributed by atoms with Crippen LogP contribution in [0.25, 0.3) is 0 Å². The minimum atomic E-state index is -5.08. The van der Waals surface area contributed by atoms with Gasteiger partial charge in [-0.15, -0.1) is 0 Å². The molecule has 1 aromatic rings. The molecule has 3 rings (SSSR count). The lowest BCUT2D eigenvalue weighted by Gasteiger charge is -2.38. The van der Waals surface area contributed by atoms with Gasteiger partial charge >= 0.3 is 24.3 Å². The molecule has 2 aliphatic rings. The third kappa shape index (κ3) is 12.1. The van der Waals surface area contributed by atoms with E-state index in [-0.39, 0.29) is 11.9 Å². The Balaban J connectivity index is 0.000000362. The number of nitrogens with zero attached hydrogens (tertiary/aromatic N) is 2. The summed E-state index contributed by atoms with van der Waals surface area (Å²) in [6.07, 6.45) is -5.95. The van der Waals surface area contributed by atoms with E-state index in [4.69, 9.17) is 19.8 Å². The fourth-order valence-electron chi connectivity index (χ4n) is 3.53. The molecular weight excluding hydrogens is 493 g/mol. The predicted octanol–water partition coefficient (Wildman–Crippen LogP) is 3.77. The first-order valence-electron chi connectivity index (χ1n) is 10.6. The number of halogens is 7. The fourth-order valence-corrected chi connectivity index (χ4v) is 3.53. The minimum Gasteiger partial charge on any atom is -0.475 e. The Bertz CT molecular complexity index is 763. The molecule has 1 saturated carbocycles. The Hall–Kier alpha value is -2.61. The number of aliphatic hydroxyl groups is 1. The Kier molecular flexibility index (Phi) is 11.7. The fraction of sp³-hybridized carbons (Fsp3) is 0.619. The van der Waals surface area contributed by atoms with Gasteiger partial charge < -0.3 is 20.2 Å². The number of benzene rings is 1. The lowest BCUT2D eigenvalue weighted by atomic mass is 9.87. The van der Waals surface area contributed by atoms with Crippen molar-refractivity contribution >= 4 is 17.6 Å². The Labute approximate surface area is 196 Å². The summed E-state index contributed by atoms with van der Waals surface area (Å²) < 4.78 is 76.4. The maximum absolute atomic E-state index is 13.0. The lowest BCUT2D eigenvalue weighted by Crippen LogP contribution is -2.48. The van der Waals surface area contributed by atoms with Gasteiger partial charge in [0.2, 0.25) is 0 Å². The Morgan fingerprint density at radius 2 is 1.20 bits per heavy atom. The van der Waals surface area contributed by atoms with Crippen molar-refractivity contribution < 1.29 is 55.6 Å². The summed E-state index contributed by atoms with van der Waals surface area (Å²) in [5.41, 5.74) is 1.12. The third-order valence-electron chi connectivity index (χ3n) is 5.38.